The van der Waals surface area contributed by atoms with Crippen LogP contribution in [0.25, 0.3) is 32.3 Å². The van der Waals surface area contributed by atoms with Crippen LogP contribution in [-0.4, -0.2) is 4.92 Å². The highest BCUT2D eigenvalue weighted by Crippen LogP contribution is 2.41. The SMILES string of the molecule is O=[N+]([O-])c1cc(Cl)c2ccc3cccc4ccc1c2c34. The van der Waals surface area contributed by atoms with Crippen molar-refractivity contribution < 1.29 is 4.92 Å². The maximum atomic E-state index is 11.2. The molecule has 0 aliphatic rings. The molecule has 0 fully saturated rings. The van der Waals surface area contributed by atoms with Gasteiger partial charge in [0.2, 0.25) is 0 Å². The van der Waals surface area contributed by atoms with Gasteiger partial charge in [0.1, 0.15) is 0 Å². The summed E-state index contributed by atoms with van der Waals surface area (Å²) < 4.78 is 0. The summed E-state index contributed by atoms with van der Waals surface area (Å²) in [5, 5.41) is 17.2. The van der Waals surface area contributed by atoms with Gasteiger partial charge in [-0.3, -0.25) is 10.1 Å². The van der Waals surface area contributed by atoms with E-state index >= 15 is 0 Å². The summed E-state index contributed by atoms with van der Waals surface area (Å²) in [5.41, 5.74) is 0.0563. The van der Waals surface area contributed by atoms with Crippen molar-refractivity contribution in [3.8, 4) is 0 Å². The summed E-state index contributed by atoms with van der Waals surface area (Å²) >= 11 is 6.23. The fourth-order valence-electron chi connectivity index (χ4n) is 2.92. The van der Waals surface area contributed by atoms with E-state index in [0.717, 1.165) is 26.9 Å². The molecule has 0 aliphatic heterocycles. The lowest BCUT2D eigenvalue weighted by atomic mass is 9.93. The Labute approximate surface area is 118 Å². The zero-order valence-electron chi connectivity index (χ0n) is 10.3. The predicted octanol–water partition coefficient (Wildman–Crippen LogP) is 5.15. The van der Waals surface area contributed by atoms with E-state index in [2.05, 4.69) is 0 Å². The van der Waals surface area contributed by atoms with Gasteiger partial charge in [0, 0.05) is 16.8 Å². The van der Waals surface area contributed by atoms with Gasteiger partial charge < -0.3 is 0 Å². The van der Waals surface area contributed by atoms with E-state index < -0.39 is 0 Å². The fraction of sp³-hybridized carbons (Fsp3) is 0. The summed E-state index contributed by atoms with van der Waals surface area (Å²) in [6, 6.07) is 15.1. The second-order valence-corrected chi connectivity index (χ2v) is 5.22. The highest BCUT2D eigenvalue weighted by atomic mass is 35.5. The number of non-ortho nitro benzene ring substituents is 1. The number of rotatable bonds is 1. The van der Waals surface area contributed by atoms with Crippen molar-refractivity contribution in [2.24, 2.45) is 0 Å². The second kappa shape index (κ2) is 3.81. The fourth-order valence-corrected chi connectivity index (χ4v) is 3.18. The molecule has 0 unspecified atom stereocenters. The number of nitro benzene ring substituents is 1. The van der Waals surface area contributed by atoms with Crippen molar-refractivity contribution in [1.82, 2.24) is 0 Å². The Bertz CT molecular complexity index is 978. The third-order valence-corrected chi connectivity index (χ3v) is 4.08. The lowest BCUT2D eigenvalue weighted by Crippen LogP contribution is -1.92. The Morgan fingerprint density at radius 1 is 0.900 bits per heavy atom. The average Bonchev–Trinajstić information content (AvgIpc) is 2.46. The first-order valence-electron chi connectivity index (χ1n) is 6.17. The number of nitro groups is 1. The molecule has 0 atom stereocenters. The molecule has 0 saturated heterocycles. The van der Waals surface area contributed by atoms with Crippen molar-refractivity contribution >= 4 is 49.6 Å². The van der Waals surface area contributed by atoms with Gasteiger partial charge in [0.25, 0.3) is 5.69 Å². The molecule has 4 rings (SSSR count). The number of halogens is 1. The van der Waals surface area contributed by atoms with Crippen LogP contribution in [0.1, 0.15) is 0 Å². The van der Waals surface area contributed by atoms with Gasteiger partial charge in [-0.15, -0.1) is 0 Å². The van der Waals surface area contributed by atoms with Crippen LogP contribution in [0, 0.1) is 10.1 Å². The minimum Gasteiger partial charge on any atom is -0.258 e. The number of nitrogens with zero attached hydrogens (tertiary/aromatic N) is 1. The van der Waals surface area contributed by atoms with Crippen LogP contribution in [0.4, 0.5) is 5.69 Å². The third-order valence-electron chi connectivity index (χ3n) is 3.77. The first-order valence-corrected chi connectivity index (χ1v) is 6.55. The van der Waals surface area contributed by atoms with Crippen molar-refractivity contribution in [3.05, 3.63) is 63.7 Å². The zero-order valence-corrected chi connectivity index (χ0v) is 11.0. The molecule has 0 aromatic heterocycles. The Balaban J connectivity index is 2.41. The van der Waals surface area contributed by atoms with Gasteiger partial charge >= 0.3 is 0 Å². The van der Waals surface area contributed by atoms with Crippen LogP contribution in [0.15, 0.2) is 48.5 Å². The molecule has 96 valence electrons. The Kier molecular flexibility index (Phi) is 2.18. The summed E-state index contributed by atoms with van der Waals surface area (Å²) in [7, 11) is 0. The molecule has 0 bridgehead atoms. The minimum atomic E-state index is -0.377. The van der Waals surface area contributed by atoms with E-state index in [1.165, 1.54) is 6.07 Å². The maximum absolute atomic E-state index is 11.2. The van der Waals surface area contributed by atoms with Gasteiger partial charge in [0.05, 0.1) is 15.3 Å². The molecule has 4 heteroatoms. The largest absolute Gasteiger partial charge is 0.278 e. The molecule has 4 aromatic rings. The molecule has 0 aliphatic carbocycles. The number of hydrogen-bond acceptors (Lipinski definition) is 2. The lowest BCUT2D eigenvalue weighted by Gasteiger charge is -2.11. The van der Waals surface area contributed by atoms with E-state index in [1.807, 2.05) is 36.4 Å². The smallest absolute Gasteiger partial charge is 0.258 e. The van der Waals surface area contributed by atoms with Crippen LogP contribution in [0.2, 0.25) is 5.02 Å². The van der Waals surface area contributed by atoms with Crippen LogP contribution in [0.5, 0.6) is 0 Å². The van der Waals surface area contributed by atoms with E-state index in [-0.39, 0.29) is 10.6 Å². The summed E-state index contributed by atoms with van der Waals surface area (Å²) in [6.45, 7) is 0. The molecule has 0 saturated carbocycles. The molecular formula is C16H8ClNO2. The Morgan fingerprint density at radius 3 is 2.20 bits per heavy atom. The van der Waals surface area contributed by atoms with E-state index in [1.54, 1.807) is 6.07 Å². The van der Waals surface area contributed by atoms with Gasteiger partial charge in [-0.05, 0) is 22.2 Å². The van der Waals surface area contributed by atoms with Crippen LogP contribution in [0.3, 0.4) is 0 Å². The van der Waals surface area contributed by atoms with Gasteiger partial charge in [-0.25, -0.2) is 0 Å². The Hall–Kier alpha value is -2.39. The van der Waals surface area contributed by atoms with Gasteiger partial charge in [-0.1, -0.05) is 48.0 Å². The van der Waals surface area contributed by atoms with Crippen LogP contribution in [-0.2, 0) is 0 Å². The van der Waals surface area contributed by atoms with Crippen molar-refractivity contribution in [3.63, 3.8) is 0 Å². The lowest BCUT2D eigenvalue weighted by molar-refractivity contribution is -0.383. The normalized spacial score (nSPS) is 11.7. The number of benzene rings is 4. The zero-order chi connectivity index (χ0) is 13.9. The van der Waals surface area contributed by atoms with Crippen LogP contribution < -0.4 is 0 Å². The molecule has 0 N–H and O–H groups in total. The number of hydrogen-bond donors (Lipinski definition) is 0. The molecular weight excluding hydrogens is 274 g/mol. The summed E-state index contributed by atoms with van der Waals surface area (Å²) in [6.07, 6.45) is 0. The van der Waals surface area contributed by atoms with E-state index in [4.69, 9.17) is 11.6 Å². The monoisotopic (exact) mass is 281 g/mol. The van der Waals surface area contributed by atoms with Crippen molar-refractivity contribution in [2.75, 3.05) is 0 Å². The standard InChI is InChI=1S/C16H8ClNO2/c17-13-8-14(18(19)20)12-7-5-10-3-1-2-9-4-6-11(13)16(12)15(9)10/h1-8H. The second-order valence-electron chi connectivity index (χ2n) is 4.82. The molecule has 0 radical (unpaired) electrons. The molecule has 0 amide bonds. The maximum Gasteiger partial charge on any atom is 0.278 e. The molecule has 4 aromatic carbocycles. The first-order chi connectivity index (χ1) is 9.66. The van der Waals surface area contributed by atoms with Crippen LogP contribution >= 0.6 is 11.6 Å². The van der Waals surface area contributed by atoms with Crippen molar-refractivity contribution in [1.29, 1.82) is 0 Å². The van der Waals surface area contributed by atoms with Crippen molar-refractivity contribution in [2.45, 2.75) is 0 Å². The van der Waals surface area contributed by atoms with Gasteiger partial charge in [-0.2, -0.15) is 0 Å². The summed E-state index contributed by atoms with van der Waals surface area (Å²) in [4.78, 5) is 10.9. The predicted molar refractivity (Wildman–Crippen MR) is 81.8 cm³/mol. The highest BCUT2D eigenvalue weighted by molar-refractivity contribution is 6.39. The van der Waals surface area contributed by atoms with E-state index in [0.29, 0.717) is 10.4 Å². The topological polar surface area (TPSA) is 43.1 Å². The van der Waals surface area contributed by atoms with Gasteiger partial charge in [0.15, 0.2) is 0 Å². The minimum absolute atomic E-state index is 0.0563. The molecule has 0 spiro atoms. The Morgan fingerprint density at radius 2 is 1.55 bits per heavy atom. The first kappa shape index (κ1) is 11.4. The average molecular weight is 282 g/mol. The molecule has 20 heavy (non-hydrogen) atoms. The third kappa shape index (κ3) is 1.35. The summed E-state index contributed by atoms with van der Waals surface area (Å²) in [5.74, 6) is 0. The highest BCUT2D eigenvalue weighted by Gasteiger charge is 2.19. The molecule has 0 heterocycles. The van der Waals surface area contributed by atoms with E-state index in [9.17, 15) is 10.1 Å². The quantitative estimate of drug-likeness (QED) is 0.275. The molecule has 3 nitrogen and oxygen atoms in total.